The lowest BCUT2D eigenvalue weighted by Gasteiger charge is -2.28. The number of rotatable bonds is 6. The highest BCUT2D eigenvalue weighted by Crippen LogP contribution is 2.36. The van der Waals surface area contributed by atoms with Crippen LogP contribution in [0.25, 0.3) is 10.9 Å². The molecule has 4 rings (SSSR count). The highest BCUT2D eigenvalue weighted by atomic mass is 35.5. The Balaban J connectivity index is 1.32. The van der Waals surface area contributed by atoms with E-state index in [1.807, 2.05) is 12.3 Å². The molecule has 0 bridgehead atoms. The summed E-state index contributed by atoms with van der Waals surface area (Å²) in [5, 5.41) is 1.30. The molecule has 2 aromatic carbocycles. The maximum Gasteiger partial charge on any atom is 0.416 e. The van der Waals surface area contributed by atoms with Gasteiger partial charge in [-0.25, -0.2) is 0 Å². The monoisotopic (exact) mass is 473 g/mol. The largest absolute Gasteiger partial charge is 0.416 e. The molecule has 2 nitrogen and oxygen atoms in total. The number of aryl methyl sites for hydroxylation is 2. The van der Waals surface area contributed by atoms with Crippen LogP contribution >= 0.6 is 11.6 Å². The zero-order valence-electron chi connectivity index (χ0n) is 18.6. The molecule has 0 aliphatic heterocycles. The molecule has 33 heavy (non-hydrogen) atoms. The summed E-state index contributed by atoms with van der Waals surface area (Å²) in [6, 6.07) is 11.4. The van der Waals surface area contributed by atoms with E-state index in [-0.39, 0.29) is 28.7 Å². The molecule has 0 spiro atoms. The molecular formula is C27H27ClF3NO. The van der Waals surface area contributed by atoms with Crippen molar-refractivity contribution in [1.82, 2.24) is 4.98 Å². The van der Waals surface area contributed by atoms with Crippen LogP contribution in [-0.4, -0.2) is 10.8 Å². The minimum Gasteiger partial charge on any atom is -0.294 e. The molecule has 1 saturated carbocycles. The first kappa shape index (κ1) is 23.7. The third kappa shape index (κ3) is 5.57. The molecule has 0 unspecified atom stereocenters. The molecule has 0 N–H and O–H groups in total. The van der Waals surface area contributed by atoms with Crippen LogP contribution in [0.3, 0.4) is 0 Å². The highest BCUT2D eigenvalue weighted by molar-refractivity contribution is 6.34. The zero-order chi connectivity index (χ0) is 23.6. The summed E-state index contributed by atoms with van der Waals surface area (Å²) in [4.78, 5) is 17.2. The zero-order valence-corrected chi connectivity index (χ0v) is 19.3. The minimum absolute atomic E-state index is 0.0199. The van der Waals surface area contributed by atoms with Gasteiger partial charge in [0.1, 0.15) is 0 Å². The summed E-state index contributed by atoms with van der Waals surface area (Å²) in [7, 11) is 0. The summed E-state index contributed by atoms with van der Waals surface area (Å²) in [6.45, 7) is 2.08. The van der Waals surface area contributed by atoms with Gasteiger partial charge in [-0.05, 0) is 79.8 Å². The number of aromatic nitrogens is 1. The first-order valence-corrected chi connectivity index (χ1v) is 11.8. The number of halogens is 4. The molecule has 1 aromatic heterocycles. The Kier molecular flexibility index (Phi) is 7.08. The van der Waals surface area contributed by atoms with E-state index in [0.29, 0.717) is 5.92 Å². The second-order valence-electron chi connectivity index (χ2n) is 9.19. The van der Waals surface area contributed by atoms with Crippen LogP contribution in [0.2, 0.25) is 5.02 Å². The summed E-state index contributed by atoms with van der Waals surface area (Å²) in [5.74, 6) is 0.499. The quantitative estimate of drug-likeness (QED) is 0.337. The first-order chi connectivity index (χ1) is 15.7. The molecule has 3 aromatic rings. The lowest BCUT2D eigenvalue weighted by Crippen LogP contribution is -2.18. The molecular weight excluding hydrogens is 447 g/mol. The third-order valence-corrected chi connectivity index (χ3v) is 7.25. The maximum atomic E-state index is 13.0. The second kappa shape index (κ2) is 9.84. The van der Waals surface area contributed by atoms with Crippen molar-refractivity contribution in [3.05, 3.63) is 75.9 Å². The number of hydrogen-bond donors (Lipinski definition) is 0. The van der Waals surface area contributed by atoms with Crippen LogP contribution in [0.5, 0.6) is 0 Å². The Morgan fingerprint density at radius 3 is 2.52 bits per heavy atom. The van der Waals surface area contributed by atoms with E-state index in [0.717, 1.165) is 56.2 Å². The van der Waals surface area contributed by atoms with Gasteiger partial charge in [0.05, 0.1) is 16.1 Å². The van der Waals surface area contributed by atoms with Crippen LogP contribution < -0.4 is 0 Å². The van der Waals surface area contributed by atoms with Crippen LogP contribution in [0.4, 0.5) is 13.2 Å². The Hall–Kier alpha value is -2.40. The Morgan fingerprint density at radius 2 is 1.79 bits per heavy atom. The topological polar surface area (TPSA) is 30.0 Å². The number of Topliss-reactive ketones (excluding diaryl/α,β-unsaturated/α-hetero) is 1. The molecule has 1 fully saturated rings. The number of fused-ring (bicyclic) bond motifs is 1. The fourth-order valence-corrected chi connectivity index (χ4v) is 5.19. The molecule has 1 aliphatic rings. The number of benzene rings is 2. The van der Waals surface area contributed by atoms with Gasteiger partial charge in [-0.2, -0.15) is 13.2 Å². The Labute approximate surface area is 197 Å². The van der Waals surface area contributed by atoms with Gasteiger partial charge in [0.2, 0.25) is 0 Å². The fourth-order valence-electron chi connectivity index (χ4n) is 4.96. The Morgan fingerprint density at radius 1 is 1.06 bits per heavy atom. The van der Waals surface area contributed by atoms with Crippen molar-refractivity contribution in [1.29, 1.82) is 0 Å². The van der Waals surface area contributed by atoms with E-state index in [4.69, 9.17) is 11.6 Å². The van der Waals surface area contributed by atoms with Crippen molar-refractivity contribution in [2.45, 2.75) is 58.0 Å². The summed E-state index contributed by atoms with van der Waals surface area (Å²) < 4.78 is 39.0. The van der Waals surface area contributed by atoms with Gasteiger partial charge in [-0.1, -0.05) is 42.6 Å². The Bertz CT molecular complexity index is 1150. The number of nitrogens with zero attached hydrogens (tertiary/aromatic N) is 1. The predicted octanol–water partition coefficient (Wildman–Crippen LogP) is 8.23. The summed E-state index contributed by atoms with van der Waals surface area (Å²) in [5.41, 5.74) is 2.71. The van der Waals surface area contributed by atoms with Crippen LogP contribution in [0.1, 0.15) is 65.6 Å². The van der Waals surface area contributed by atoms with Crippen LogP contribution in [0.15, 0.2) is 48.7 Å². The number of carbonyl (C=O) groups is 1. The van der Waals surface area contributed by atoms with Gasteiger partial charge in [-0.3, -0.25) is 9.78 Å². The molecule has 0 amide bonds. The fraction of sp³-hybridized carbons (Fsp3) is 0.407. The average molecular weight is 474 g/mol. The average Bonchev–Trinajstić information content (AvgIpc) is 2.79. The highest BCUT2D eigenvalue weighted by Gasteiger charge is 2.32. The summed E-state index contributed by atoms with van der Waals surface area (Å²) in [6.07, 6.45) is 3.59. The van der Waals surface area contributed by atoms with Crippen molar-refractivity contribution in [3.63, 3.8) is 0 Å². The van der Waals surface area contributed by atoms with Crippen molar-refractivity contribution in [2.75, 3.05) is 0 Å². The third-order valence-electron chi connectivity index (χ3n) is 6.92. The van der Waals surface area contributed by atoms with Crippen molar-refractivity contribution >= 4 is 28.3 Å². The number of ketones is 1. The lowest BCUT2D eigenvalue weighted by atomic mass is 9.77. The minimum atomic E-state index is -4.49. The molecule has 0 atom stereocenters. The molecule has 0 saturated heterocycles. The van der Waals surface area contributed by atoms with Crippen LogP contribution in [-0.2, 0) is 12.6 Å². The van der Waals surface area contributed by atoms with Gasteiger partial charge in [0.15, 0.2) is 5.78 Å². The molecule has 0 radical (unpaired) electrons. The van der Waals surface area contributed by atoms with E-state index in [2.05, 4.69) is 30.1 Å². The van der Waals surface area contributed by atoms with E-state index in [9.17, 15) is 18.0 Å². The van der Waals surface area contributed by atoms with E-state index in [1.54, 1.807) is 0 Å². The molecule has 1 aliphatic carbocycles. The van der Waals surface area contributed by atoms with Gasteiger partial charge >= 0.3 is 6.18 Å². The lowest BCUT2D eigenvalue weighted by molar-refractivity contribution is -0.137. The van der Waals surface area contributed by atoms with Gasteiger partial charge < -0.3 is 0 Å². The standard InChI is InChI=1S/C27H27ClF3NO/c1-17-4-10-20(22-3-2-14-32-26(17)22)11-9-18-5-7-19(8-6-18)15-25(33)23-16-21(27(29,30)31)12-13-24(23)28/h2-4,10,12-14,16,18-19H,5-9,11,15H2,1H3. The number of carbonyl (C=O) groups excluding carboxylic acids is 1. The number of hydrogen-bond acceptors (Lipinski definition) is 2. The van der Waals surface area contributed by atoms with E-state index in [1.165, 1.54) is 22.6 Å². The van der Waals surface area contributed by atoms with Gasteiger partial charge in [-0.15, -0.1) is 0 Å². The van der Waals surface area contributed by atoms with Gasteiger partial charge in [0, 0.05) is 23.6 Å². The van der Waals surface area contributed by atoms with E-state index >= 15 is 0 Å². The maximum absolute atomic E-state index is 13.0. The van der Waals surface area contributed by atoms with E-state index < -0.39 is 11.7 Å². The second-order valence-corrected chi connectivity index (χ2v) is 9.59. The molecule has 1 heterocycles. The number of pyridine rings is 1. The van der Waals surface area contributed by atoms with Crippen molar-refractivity contribution < 1.29 is 18.0 Å². The van der Waals surface area contributed by atoms with Gasteiger partial charge in [0.25, 0.3) is 0 Å². The molecule has 6 heteroatoms. The van der Waals surface area contributed by atoms with Crippen molar-refractivity contribution in [2.24, 2.45) is 11.8 Å². The number of alkyl halides is 3. The smallest absolute Gasteiger partial charge is 0.294 e. The SMILES string of the molecule is Cc1ccc(CCC2CCC(CC(=O)c3cc(C(F)(F)F)ccc3Cl)CC2)c2cccnc12. The normalized spacial score (nSPS) is 19.1. The van der Waals surface area contributed by atoms with Crippen molar-refractivity contribution in [3.8, 4) is 0 Å². The molecule has 174 valence electrons. The summed E-state index contributed by atoms with van der Waals surface area (Å²) >= 11 is 6.04. The first-order valence-electron chi connectivity index (χ1n) is 11.5. The van der Waals surface area contributed by atoms with Crippen LogP contribution in [0, 0.1) is 18.8 Å². The predicted molar refractivity (Wildman–Crippen MR) is 126 cm³/mol.